The number of benzene rings is 3. The van der Waals surface area contributed by atoms with Gasteiger partial charge >= 0.3 is 18.1 Å². The number of para-hydroxylation sites is 3. The lowest BCUT2D eigenvalue weighted by Gasteiger charge is -2.35. The van der Waals surface area contributed by atoms with Crippen LogP contribution in [0.4, 0.5) is 28.9 Å². The van der Waals surface area contributed by atoms with Crippen LogP contribution in [0.2, 0.25) is 5.02 Å². The molecule has 2 amide bonds. The molecule has 0 radical (unpaired) electrons. The molecular weight excluding hydrogens is 1160 g/mol. The number of nitrogens with one attached hydrogen (secondary N) is 1. The fourth-order valence-corrected chi connectivity index (χ4v) is 7.96. The van der Waals surface area contributed by atoms with Crippen LogP contribution in [-0.2, 0) is 65.4 Å². The molecule has 0 spiro atoms. The average Bonchev–Trinajstić information content (AvgIpc) is 3.60. The van der Waals surface area contributed by atoms with Crippen LogP contribution in [0.1, 0.15) is 61.8 Å². The first-order valence-corrected chi connectivity index (χ1v) is 28.4. The van der Waals surface area contributed by atoms with Gasteiger partial charge in [-0.2, -0.15) is 18.3 Å². The SMILES string of the molecule is CC(C)OC(=O)c1cc(-c2nn(C)c(C(F)(F)F)c2Br)c(F)cc1Cl.CC1COc2ccccc2N1C(=O)C(Cl)Cl.CCc1cccc(CC)c1N(COC)C(=O)CCl.C[S+](C)C.O=C(O)CNCP(=O)([O-])O. The van der Waals surface area contributed by atoms with Crippen LogP contribution in [0.3, 0.4) is 0 Å². The standard InChI is InChI=1S/C15H12BrClF4N2O2.C14H20ClNO2.C11H11Cl2NO2.C3H8NO5P.C3H9S/c1-6(2)25-14(24)7-4-8(10(18)5-9(7)17)12-11(16)13(15(19,20)21)23(3)22-12;1-4-11-7-6-8-12(5-2)14(11)16(10-18-3)13(17)9-15;1-7-6-16-9-5-3-2-4-8(9)14(7)11(15)10(12)13;5-3(6)1-4-2-10(7,8)9;1-4(2)3/h4-6H,1-3H3;6-8H,4-5,9-10H2,1-3H3;2-5,7,10H,6H2,1H3;4H,1-2H2,(H,5,6)(H2,7,8,9);1-3H3/q;;;;+1/p-1. The van der Waals surface area contributed by atoms with Gasteiger partial charge in [0, 0.05) is 19.7 Å². The van der Waals surface area contributed by atoms with Gasteiger partial charge in [-0.1, -0.05) is 79.0 Å². The number of esters is 1. The first kappa shape index (κ1) is 67.3. The Morgan fingerprint density at radius 3 is 2.08 bits per heavy atom. The van der Waals surface area contributed by atoms with Gasteiger partial charge in [0.05, 0.1) is 70.2 Å². The number of carboxylic acids is 1. The lowest BCUT2D eigenvalue weighted by atomic mass is 10.0. The number of fused-ring (bicyclic) bond motifs is 1. The number of hydrogen-bond donors (Lipinski definition) is 3. The third-order valence-corrected chi connectivity index (χ3v) is 11.4. The van der Waals surface area contributed by atoms with Crippen LogP contribution in [0.25, 0.3) is 11.3 Å². The van der Waals surface area contributed by atoms with E-state index in [2.05, 4.69) is 53.6 Å². The van der Waals surface area contributed by atoms with Gasteiger partial charge in [0.1, 0.15) is 44.1 Å². The van der Waals surface area contributed by atoms with E-state index < -0.39 is 65.5 Å². The van der Waals surface area contributed by atoms with E-state index in [4.69, 9.17) is 70.6 Å². The van der Waals surface area contributed by atoms with Crippen LogP contribution in [0.15, 0.2) is 59.1 Å². The number of carboxylic acid groups (broad SMARTS) is 1. The van der Waals surface area contributed by atoms with Crippen molar-refractivity contribution < 1.29 is 70.4 Å². The molecule has 0 bridgehead atoms. The number of aromatic nitrogens is 2. The number of methoxy groups -OCH3 is 1. The highest BCUT2D eigenvalue weighted by Gasteiger charge is 2.39. The van der Waals surface area contributed by atoms with E-state index in [1.165, 1.54) is 0 Å². The summed E-state index contributed by atoms with van der Waals surface area (Å²) in [6, 6.07) is 15.2. The summed E-state index contributed by atoms with van der Waals surface area (Å²) in [6.07, 6.45) is 2.48. The molecule has 1 aliphatic heterocycles. The molecule has 4 aromatic rings. The monoisotopic (exact) mass is 1220 g/mol. The summed E-state index contributed by atoms with van der Waals surface area (Å²) in [5.74, 6) is -2.70. The van der Waals surface area contributed by atoms with Crippen LogP contribution in [-0.4, -0.2) is 118 Å². The highest BCUT2D eigenvalue weighted by molar-refractivity contribution is 9.10. The number of carbonyl (C=O) groups is 4. The molecule has 0 saturated heterocycles. The first-order chi connectivity index (χ1) is 33.9. The second-order valence-corrected chi connectivity index (χ2v) is 22.5. The molecule has 5 rings (SSSR count). The molecule has 27 heteroatoms. The predicted molar refractivity (Wildman–Crippen MR) is 282 cm³/mol. The summed E-state index contributed by atoms with van der Waals surface area (Å²) >= 11 is 25.6. The molecule has 73 heavy (non-hydrogen) atoms. The van der Waals surface area contributed by atoms with Crippen molar-refractivity contribution in [1.29, 1.82) is 0 Å². The quantitative estimate of drug-likeness (QED) is 0.0268. The zero-order valence-electron chi connectivity index (χ0n) is 41.5. The normalized spacial score (nSPS) is 13.6. The minimum absolute atomic E-state index is 0.0371. The molecule has 0 fully saturated rings. The summed E-state index contributed by atoms with van der Waals surface area (Å²) in [5.41, 5.74) is 2.10. The zero-order chi connectivity index (χ0) is 56.1. The number of ether oxygens (including phenoxy) is 3. The van der Waals surface area contributed by atoms with Crippen molar-refractivity contribution in [2.45, 2.75) is 70.6 Å². The predicted octanol–water partition coefficient (Wildman–Crippen LogP) is 9.48. The van der Waals surface area contributed by atoms with Crippen molar-refractivity contribution in [3.63, 3.8) is 0 Å². The van der Waals surface area contributed by atoms with Crippen LogP contribution < -0.4 is 24.7 Å². The second-order valence-electron chi connectivity index (χ2n) is 15.9. The second kappa shape index (κ2) is 32.0. The fourth-order valence-electron chi connectivity index (χ4n) is 6.21. The number of anilines is 2. The number of halogens is 9. The third-order valence-electron chi connectivity index (χ3n) is 9.10. The maximum atomic E-state index is 14.3. The molecule has 2 atom stereocenters. The van der Waals surface area contributed by atoms with E-state index in [1.807, 2.05) is 54.7 Å². The largest absolute Gasteiger partial charge is 0.778 e. The molecule has 2 unspecified atom stereocenters. The summed E-state index contributed by atoms with van der Waals surface area (Å²) in [6.45, 7) is 9.47. The van der Waals surface area contributed by atoms with E-state index in [-0.39, 0.29) is 52.3 Å². The number of alkyl halides is 6. The molecule has 1 aromatic heterocycles. The highest BCUT2D eigenvalue weighted by atomic mass is 79.9. The van der Waals surface area contributed by atoms with Crippen molar-refractivity contribution >= 4 is 116 Å². The van der Waals surface area contributed by atoms with E-state index in [1.54, 1.807) is 30.8 Å². The maximum Gasteiger partial charge on any atom is 0.434 e. The molecule has 2 heterocycles. The molecule has 0 aliphatic carbocycles. The highest BCUT2D eigenvalue weighted by Crippen LogP contribution is 2.41. The molecule has 0 saturated carbocycles. The number of aryl methyl sites for hydroxylation is 3. The summed E-state index contributed by atoms with van der Waals surface area (Å²) in [5, 5.41) is 13.5. The Kier molecular flexibility index (Phi) is 29.6. The summed E-state index contributed by atoms with van der Waals surface area (Å²) in [7, 11) is -1.05. The Morgan fingerprint density at radius 2 is 1.63 bits per heavy atom. The van der Waals surface area contributed by atoms with Gasteiger partial charge in [-0.15, -0.1) is 11.6 Å². The fraction of sp³-hybridized carbons (Fsp3) is 0.457. The molecule has 3 N–H and O–H groups in total. The van der Waals surface area contributed by atoms with Crippen LogP contribution in [0.5, 0.6) is 5.75 Å². The minimum Gasteiger partial charge on any atom is -0.778 e. The Balaban J connectivity index is 0.000000494. The third kappa shape index (κ3) is 22.2. The smallest absolute Gasteiger partial charge is 0.434 e. The minimum atomic E-state index is -4.69. The number of carbonyl (C=O) groups excluding carboxylic acids is 3. The summed E-state index contributed by atoms with van der Waals surface area (Å²) in [4.78, 5) is 65.8. The Bertz CT molecular complexity index is 2480. The Hall–Kier alpha value is -3.67. The topological polar surface area (TPSA) is 213 Å². The molecule has 408 valence electrons. The van der Waals surface area contributed by atoms with Gasteiger partial charge in [0.2, 0.25) is 5.91 Å². The van der Waals surface area contributed by atoms with Gasteiger partial charge in [-0.25, -0.2) is 9.18 Å². The van der Waals surface area contributed by atoms with Gasteiger partial charge in [-0.3, -0.25) is 29.3 Å². The van der Waals surface area contributed by atoms with Gasteiger partial charge in [0.25, 0.3) is 5.91 Å². The maximum absolute atomic E-state index is 14.3. The van der Waals surface area contributed by atoms with Crippen molar-refractivity contribution in [3.05, 3.63) is 92.3 Å². The van der Waals surface area contributed by atoms with Crippen molar-refractivity contribution in [1.82, 2.24) is 15.1 Å². The van der Waals surface area contributed by atoms with E-state index in [0.717, 1.165) is 54.5 Å². The van der Waals surface area contributed by atoms with E-state index in [0.29, 0.717) is 27.9 Å². The number of aliphatic carboxylic acids is 1. The number of nitrogens with zero attached hydrogens (tertiary/aromatic N) is 4. The van der Waals surface area contributed by atoms with Crippen LogP contribution in [0, 0.1) is 5.82 Å². The van der Waals surface area contributed by atoms with Gasteiger partial charge in [-0.05, 0) is 95.8 Å². The zero-order valence-corrected chi connectivity index (χ0v) is 47.8. The molecule has 16 nitrogen and oxygen atoms in total. The number of hydrogen-bond acceptors (Lipinski definition) is 11. The summed E-state index contributed by atoms with van der Waals surface area (Å²) < 4.78 is 79.2. The van der Waals surface area contributed by atoms with E-state index >= 15 is 0 Å². The Labute approximate surface area is 453 Å². The van der Waals surface area contributed by atoms with E-state index in [9.17, 15) is 46.2 Å². The van der Waals surface area contributed by atoms with Crippen molar-refractivity contribution in [2.75, 3.05) is 67.7 Å². The molecule has 1 aliphatic rings. The number of amides is 2. The lowest BCUT2D eigenvalue weighted by Crippen LogP contribution is -2.47. The lowest BCUT2D eigenvalue weighted by molar-refractivity contribution is -0.193. The molecular formula is C46H59BrCl4F4N5O11PS. The van der Waals surface area contributed by atoms with Crippen molar-refractivity contribution in [3.8, 4) is 17.0 Å². The molecule has 3 aromatic carbocycles. The van der Waals surface area contributed by atoms with Gasteiger partial charge < -0.3 is 38.6 Å². The van der Waals surface area contributed by atoms with Crippen molar-refractivity contribution in [2.24, 2.45) is 7.05 Å². The van der Waals surface area contributed by atoms with Crippen LogP contribution >= 0.6 is 69.9 Å². The Morgan fingerprint density at radius 1 is 1.07 bits per heavy atom. The number of rotatable bonds is 14. The first-order valence-electron chi connectivity index (χ1n) is 21.6. The average molecular weight is 1220 g/mol. The van der Waals surface area contributed by atoms with Gasteiger partial charge in [0.15, 0.2) is 10.5 Å².